The quantitative estimate of drug-likeness (QED) is 0.854. The Morgan fingerprint density at radius 3 is 2.54 bits per heavy atom. The number of carbonyl (C=O) groups excluding carboxylic acids is 1. The summed E-state index contributed by atoms with van der Waals surface area (Å²) < 4.78 is 0. The van der Waals surface area contributed by atoms with E-state index in [0.29, 0.717) is 18.8 Å². The number of carboxylic acids is 1. The molecule has 4 nitrogen and oxygen atoms in total. The van der Waals surface area contributed by atoms with Crippen LogP contribution < -0.4 is 5.32 Å². The molecule has 1 fully saturated rings. The molecule has 1 aliphatic rings. The van der Waals surface area contributed by atoms with Crippen molar-refractivity contribution < 1.29 is 14.7 Å². The molecule has 2 aromatic carbocycles. The van der Waals surface area contributed by atoms with E-state index in [9.17, 15) is 14.7 Å². The zero-order valence-corrected chi connectivity index (χ0v) is 13.7. The molecular formula is C20H23NO3. The van der Waals surface area contributed by atoms with Gasteiger partial charge in [0.2, 0.25) is 5.91 Å². The molecule has 0 radical (unpaired) electrons. The summed E-state index contributed by atoms with van der Waals surface area (Å²) in [7, 11) is 0. The minimum absolute atomic E-state index is 0.144. The summed E-state index contributed by atoms with van der Waals surface area (Å²) in [4.78, 5) is 23.8. The highest BCUT2D eigenvalue weighted by Gasteiger charge is 2.24. The average Bonchev–Trinajstić information content (AvgIpc) is 3.07. The number of benzene rings is 2. The molecule has 4 heteroatoms. The van der Waals surface area contributed by atoms with E-state index >= 15 is 0 Å². The maximum Gasteiger partial charge on any atom is 0.326 e. The number of rotatable bonds is 6. The number of hydrogen-bond donors (Lipinski definition) is 2. The number of aliphatic carboxylic acids is 1. The Morgan fingerprint density at radius 2 is 1.79 bits per heavy atom. The standard InChI is InChI=1S/C20H23NO3/c22-19(12-14-6-1-2-7-14)21-18(20(23)24)13-16-10-5-9-15-8-3-4-11-17(15)16/h3-5,8-11,14,18H,1-2,6-7,12-13H2,(H,21,22)(H,23,24)/t18-/m0/s1. The Labute approximate surface area is 141 Å². The molecule has 126 valence electrons. The van der Waals surface area contributed by atoms with Gasteiger partial charge in [0.25, 0.3) is 0 Å². The summed E-state index contributed by atoms with van der Waals surface area (Å²) in [5, 5.41) is 14.3. The van der Waals surface area contributed by atoms with Gasteiger partial charge in [0, 0.05) is 12.8 Å². The zero-order chi connectivity index (χ0) is 16.9. The van der Waals surface area contributed by atoms with Crippen LogP contribution >= 0.6 is 0 Å². The van der Waals surface area contributed by atoms with Crippen molar-refractivity contribution >= 4 is 22.6 Å². The molecule has 0 aliphatic heterocycles. The Bertz CT molecular complexity index is 729. The molecule has 2 N–H and O–H groups in total. The third kappa shape index (κ3) is 3.94. The SMILES string of the molecule is O=C(CC1CCCC1)N[C@@H](Cc1cccc2ccccc12)C(=O)O. The predicted octanol–water partition coefficient (Wildman–Crippen LogP) is 3.53. The van der Waals surface area contributed by atoms with Gasteiger partial charge in [0.15, 0.2) is 0 Å². The minimum atomic E-state index is -0.984. The van der Waals surface area contributed by atoms with Gasteiger partial charge in [-0.25, -0.2) is 4.79 Å². The summed E-state index contributed by atoms with van der Waals surface area (Å²) in [6.45, 7) is 0. The van der Waals surface area contributed by atoms with E-state index in [1.54, 1.807) is 0 Å². The van der Waals surface area contributed by atoms with Gasteiger partial charge in [-0.2, -0.15) is 0 Å². The number of carbonyl (C=O) groups is 2. The van der Waals surface area contributed by atoms with E-state index < -0.39 is 12.0 Å². The zero-order valence-electron chi connectivity index (χ0n) is 13.7. The molecule has 0 spiro atoms. The first-order valence-corrected chi connectivity index (χ1v) is 8.62. The van der Waals surface area contributed by atoms with Crippen molar-refractivity contribution in [1.82, 2.24) is 5.32 Å². The van der Waals surface area contributed by atoms with Crippen LogP contribution in [0.1, 0.15) is 37.7 Å². The van der Waals surface area contributed by atoms with Gasteiger partial charge in [-0.3, -0.25) is 4.79 Å². The second-order valence-electron chi connectivity index (χ2n) is 6.66. The summed E-state index contributed by atoms with van der Waals surface area (Å²) in [5.74, 6) is -0.714. The fourth-order valence-electron chi connectivity index (χ4n) is 3.62. The van der Waals surface area contributed by atoms with Gasteiger partial charge in [-0.05, 0) is 35.1 Å². The summed E-state index contributed by atoms with van der Waals surface area (Å²) in [6.07, 6.45) is 5.25. The fourth-order valence-corrected chi connectivity index (χ4v) is 3.62. The van der Waals surface area contributed by atoms with Crippen molar-refractivity contribution in [2.45, 2.75) is 44.6 Å². The van der Waals surface area contributed by atoms with Crippen molar-refractivity contribution in [1.29, 1.82) is 0 Å². The van der Waals surface area contributed by atoms with E-state index in [-0.39, 0.29) is 5.91 Å². The van der Waals surface area contributed by atoms with E-state index in [1.165, 1.54) is 12.8 Å². The number of amides is 1. The third-order valence-corrected chi connectivity index (χ3v) is 4.89. The van der Waals surface area contributed by atoms with Crippen LogP contribution in [0.3, 0.4) is 0 Å². The smallest absolute Gasteiger partial charge is 0.326 e. The lowest BCUT2D eigenvalue weighted by Crippen LogP contribution is -2.42. The average molecular weight is 325 g/mol. The molecule has 1 amide bonds. The van der Waals surface area contributed by atoms with E-state index in [2.05, 4.69) is 5.32 Å². The topological polar surface area (TPSA) is 66.4 Å². The molecule has 1 saturated carbocycles. The Kier molecular flexibility index (Phi) is 5.14. The fraction of sp³-hybridized carbons (Fsp3) is 0.400. The summed E-state index contributed by atoms with van der Waals surface area (Å²) >= 11 is 0. The van der Waals surface area contributed by atoms with Crippen LogP contribution in [0.25, 0.3) is 10.8 Å². The summed E-state index contributed by atoms with van der Waals surface area (Å²) in [6, 6.07) is 12.9. The molecule has 24 heavy (non-hydrogen) atoms. The lowest BCUT2D eigenvalue weighted by molar-refractivity contribution is -0.141. The van der Waals surface area contributed by atoms with E-state index in [1.807, 2.05) is 42.5 Å². The van der Waals surface area contributed by atoms with Crippen LogP contribution in [0.5, 0.6) is 0 Å². The summed E-state index contributed by atoms with van der Waals surface area (Å²) in [5.41, 5.74) is 0.946. The van der Waals surface area contributed by atoms with Crippen molar-refractivity contribution in [3.63, 3.8) is 0 Å². The first-order valence-electron chi connectivity index (χ1n) is 8.62. The van der Waals surface area contributed by atoms with Crippen molar-refractivity contribution in [2.24, 2.45) is 5.92 Å². The van der Waals surface area contributed by atoms with Crippen molar-refractivity contribution in [3.8, 4) is 0 Å². The number of hydrogen-bond acceptors (Lipinski definition) is 2. The van der Waals surface area contributed by atoms with Crippen LogP contribution in [0, 0.1) is 5.92 Å². The molecular weight excluding hydrogens is 302 g/mol. The molecule has 2 aromatic rings. The van der Waals surface area contributed by atoms with Crippen molar-refractivity contribution in [2.75, 3.05) is 0 Å². The second kappa shape index (κ2) is 7.47. The maximum atomic E-state index is 12.2. The Balaban J connectivity index is 1.71. The highest BCUT2D eigenvalue weighted by atomic mass is 16.4. The van der Waals surface area contributed by atoms with Crippen LogP contribution in [0.2, 0.25) is 0 Å². The first-order chi connectivity index (χ1) is 11.6. The second-order valence-corrected chi connectivity index (χ2v) is 6.66. The van der Waals surface area contributed by atoms with Gasteiger partial charge in [0.1, 0.15) is 6.04 Å². The van der Waals surface area contributed by atoms with Crippen LogP contribution in [0.15, 0.2) is 42.5 Å². The molecule has 3 rings (SSSR count). The number of fused-ring (bicyclic) bond motifs is 1. The molecule has 0 unspecified atom stereocenters. The van der Waals surface area contributed by atoms with E-state index in [4.69, 9.17) is 0 Å². The maximum absolute atomic E-state index is 12.2. The highest BCUT2D eigenvalue weighted by molar-refractivity contribution is 5.88. The first kappa shape index (κ1) is 16.5. The normalized spacial score (nSPS) is 16.2. The van der Waals surface area contributed by atoms with E-state index in [0.717, 1.165) is 29.2 Å². The van der Waals surface area contributed by atoms with Gasteiger partial charge in [0.05, 0.1) is 0 Å². The highest BCUT2D eigenvalue weighted by Crippen LogP contribution is 2.27. The minimum Gasteiger partial charge on any atom is -0.480 e. The van der Waals surface area contributed by atoms with Crippen LogP contribution in [-0.2, 0) is 16.0 Å². The third-order valence-electron chi connectivity index (χ3n) is 4.89. The molecule has 0 bridgehead atoms. The monoisotopic (exact) mass is 325 g/mol. The lowest BCUT2D eigenvalue weighted by Gasteiger charge is -2.17. The Hall–Kier alpha value is -2.36. The molecule has 1 atom stereocenters. The van der Waals surface area contributed by atoms with Crippen molar-refractivity contribution in [3.05, 3.63) is 48.0 Å². The predicted molar refractivity (Wildman–Crippen MR) is 93.8 cm³/mol. The van der Waals surface area contributed by atoms with Gasteiger partial charge >= 0.3 is 5.97 Å². The van der Waals surface area contributed by atoms with Gasteiger partial charge in [-0.1, -0.05) is 55.3 Å². The number of carboxylic acid groups (broad SMARTS) is 1. The largest absolute Gasteiger partial charge is 0.480 e. The van der Waals surface area contributed by atoms with Gasteiger partial charge < -0.3 is 10.4 Å². The van der Waals surface area contributed by atoms with Crippen LogP contribution in [-0.4, -0.2) is 23.0 Å². The molecule has 0 aromatic heterocycles. The van der Waals surface area contributed by atoms with Crippen LogP contribution in [0.4, 0.5) is 0 Å². The van der Waals surface area contributed by atoms with Gasteiger partial charge in [-0.15, -0.1) is 0 Å². The Morgan fingerprint density at radius 1 is 1.08 bits per heavy atom. The lowest BCUT2D eigenvalue weighted by atomic mass is 9.98. The molecule has 1 aliphatic carbocycles. The molecule has 0 saturated heterocycles. The number of nitrogens with one attached hydrogen (secondary N) is 1. The molecule has 0 heterocycles.